The van der Waals surface area contributed by atoms with E-state index in [1.54, 1.807) is 29.7 Å². The van der Waals surface area contributed by atoms with Crippen LogP contribution in [0, 0.1) is 31.0 Å². The van der Waals surface area contributed by atoms with Crippen molar-refractivity contribution in [2.24, 2.45) is 0 Å². The molecule has 0 unspecified atom stereocenters. The normalized spacial score (nSPS) is 10.4. The van der Waals surface area contributed by atoms with Gasteiger partial charge in [-0.15, -0.1) is 17.9 Å². The van der Waals surface area contributed by atoms with Gasteiger partial charge in [0.15, 0.2) is 17.4 Å². The van der Waals surface area contributed by atoms with E-state index >= 15 is 0 Å². The van der Waals surface area contributed by atoms with Gasteiger partial charge in [0.1, 0.15) is 17.7 Å². The Morgan fingerprint density at radius 1 is 1.33 bits per heavy atom. The van der Waals surface area contributed by atoms with Crippen LogP contribution in [0.4, 0.5) is 15.3 Å². The SMILES string of the molecule is C=CCNc1nc(C(=O)OCC(=O)Nc2c(C#N)c(C)c(C)n2Cc2ccc(F)cc2)cs1. The van der Waals surface area contributed by atoms with E-state index in [0.717, 1.165) is 11.3 Å². The van der Waals surface area contributed by atoms with Crippen molar-refractivity contribution in [3.8, 4) is 6.07 Å². The molecule has 33 heavy (non-hydrogen) atoms. The monoisotopic (exact) mass is 467 g/mol. The fourth-order valence-corrected chi connectivity index (χ4v) is 3.77. The second kappa shape index (κ2) is 10.6. The number of halogens is 1. The highest BCUT2D eigenvalue weighted by molar-refractivity contribution is 7.13. The predicted molar refractivity (Wildman–Crippen MR) is 124 cm³/mol. The van der Waals surface area contributed by atoms with Crippen molar-refractivity contribution in [3.05, 3.63) is 76.2 Å². The maximum absolute atomic E-state index is 13.2. The van der Waals surface area contributed by atoms with E-state index in [-0.39, 0.29) is 11.5 Å². The molecule has 10 heteroatoms. The Balaban J connectivity index is 1.70. The number of thiazole rings is 1. The molecular weight excluding hydrogens is 445 g/mol. The Hall–Kier alpha value is -3.97. The molecule has 0 fully saturated rings. The van der Waals surface area contributed by atoms with E-state index < -0.39 is 18.5 Å². The van der Waals surface area contributed by atoms with Crippen molar-refractivity contribution in [2.45, 2.75) is 20.4 Å². The highest BCUT2D eigenvalue weighted by Gasteiger charge is 2.21. The van der Waals surface area contributed by atoms with E-state index in [9.17, 15) is 19.2 Å². The number of hydrogen-bond donors (Lipinski definition) is 2. The van der Waals surface area contributed by atoms with E-state index in [1.807, 2.05) is 6.92 Å². The topological polar surface area (TPSA) is 109 Å². The third-order valence-corrected chi connectivity index (χ3v) is 5.70. The van der Waals surface area contributed by atoms with E-state index in [1.165, 1.54) is 28.8 Å². The molecular formula is C23H22FN5O3S. The molecule has 8 nitrogen and oxygen atoms in total. The second-order valence-corrected chi connectivity index (χ2v) is 7.95. The number of rotatable bonds is 9. The lowest BCUT2D eigenvalue weighted by molar-refractivity contribution is -0.119. The number of ether oxygens (including phenoxy) is 1. The fraction of sp³-hybridized carbons (Fsp3) is 0.217. The van der Waals surface area contributed by atoms with Crippen LogP contribution in [-0.2, 0) is 16.1 Å². The minimum Gasteiger partial charge on any atom is -0.451 e. The number of amides is 1. The van der Waals surface area contributed by atoms with Gasteiger partial charge in [0.05, 0.1) is 5.56 Å². The number of anilines is 2. The first-order valence-electron chi connectivity index (χ1n) is 9.95. The summed E-state index contributed by atoms with van der Waals surface area (Å²) >= 11 is 1.23. The molecule has 0 bridgehead atoms. The summed E-state index contributed by atoms with van der Waals surface area (Å²) in [5, 5.41) is 17.3. The molecule has 0 spiro atoms. The van der Waals surface area contributed by atoms with Crippen LogP contribution in [0.5, 0.6) is 0 Å². The smallest absolute Gasteiger partial charge is 0.358 e. The molecule has 0 aliphatic carbocycles. The van der Waals surface area contributed by atoms with E-state index in [2.05, 4.69) is 28.3 Å². The van der Waals surface area contributed by atoms with Gasteiger partial charge in [-0.05, 0) is 37.1 Å². The lowest BCUT2D eigenvalue weighted by Gasteiger charge is -2.13. The Morgan fingerprint density at radius 3 is 2.73 bits per heavy atom. The van der Waals surface area contributed by atoms with Crippen molar-refractivity contribution in [1.29, 1.82) is 5.26 Å². The largest absolute Gasteiger partial charge is 0.451 e. The zero-order chi connectivity index (χ0) is 24.0. The average Bonchev–Trinajstić information content (AvgIpc) is 3.36. The number of nitriles is 1. The van der Waals surface area contributed by atoms with Crippen LogP contribution in [0.2, 0.25) is 0 Å². The molecule has 0 aliphatic heterocycles. The summed E-state index contributed by atoms with van der Waals surface area (Å²) in [5.74, 6) is -1.39. The van der Waals surface area contributed by atoms with Crippen molar-refractivity contribution in [2.75, 3.05) is 23.8 Å². The molecule has 3 aromatic rings. The van der Waals surface area contributed by atoms with Crippen molar-refractivity contribution in [3.63, 3.8) is 0 Å². The van der Waals surface area contributed by atoms with Crippen LogP contribution in [0.1, 0.15) is 32.9 Å². The van der Waals surface area contributed by atoms with Crippen LogP contribution < -0.4 is 10.6 Å². The highest BCUT2D eigenvalue weighted by atomic mass is 32.1. The number of carbonyl (C=O) groups excluding carboxylic acids is 2. The number of carbonyl (C=O) groups is 2. The number of benzene rings is 1. The molecule has 2 heterocycles. The second-order valence-electron chi connectivity index (χ2n) is 7.09. The third-order valence-electron chi connectivity index (χ3n) is 4.90. The number of nitrogens with zero attached hydrogens (tertiary/aromatic N) is 3. The van der Waals surface area contributed by atoms with Crippen molar-refractivity contribution in [1.82, 2.24) is 9.55 Å². The summed E-state index contributed by atoms with van der Waals surface area (Å²) in [4.78, 5) is 28.8. The van der Waals surface area contributed by atoms with Gasteiger partial charge >= 0.3 is 5.97 Å². The Morgan fingerprint density at radius 2 is 2.06 bits per heavy atom. The lowest BCUT2D eigenvalue weighted by Crippen LogP contribution is -2.23. The van der Waals surface area contributed by atoms with Gasteiger partial charge in [-0.3, -0.25) is 4.79 Å². The summed E-state index contributed by atoms with van der Waals surface area (Å²) in [5.41, 5.74) is 2.69. The molecule has 2 N–H and O–H groups in total. The molecule has 0 radical (unpaired) electrons. The van der Waals surface area contributed by atoms with Crippen LogP contribution in [0.25, 0.3) is 0 Å². The van der Waals surface area contributed by atoms with Gasteiger partial charge in [-0.25, -0.2) is 14.2 Å². The summed E-state index contributed by atoms with van der Waals surface area (Å²) < 4.78 is 20.1. The molecule has 0 atom stereocenters. The van der Waals surface area contributed by atoms with E-state index in [4.69, 9.17) is 4.74 Å². The summed E-state index contributed by atoms with van der Waals surface area (Å²) in [6.07, 6.45) is 1.66. The number of nitrogens with one attached hydrogen (secondary N) is 2. The van der Waals surface area contributed by atoms with Gasteiger partial charge in [0.25, 0.3) is 5.91 Å². The van der Waals surface area contributed by atoms with Gasteiger partial charge in [0.2, 0.25) is 0 Å². The van der Waals surface area contributed by atoms with Gasteiger partial charge in [-0.1, -0.05) is 18.2 Å². The molecule has 170 valence electrons. The predicted octanol–water partition coefficient (Wildman–Crippen LogP) is 4.01. The number of esters is 1. The maximum atomic E-state index is 13.2. The third kappa shape index (κ3) is 5.64. The Labute approximate surface area is 194 Å². The fourth-order valence-electron chi connectivity index (χ4n) is 3.08. The van der Waals surface area contributed by atoms with Crippen LogP contribution in [0.3, 0.4) is 0 Å². The number of hydrogen-bond acceptors (Lipinski definition) is 7. The molecule has 2 aromatic heterocycles. The lowest BCUT2D eigenvalue weighted by atomic mass is 10.2. The molecule has 1 aromatic carbocycles. The zero-order valence-corrected chi connectivity index (χ0v) is 19.0. The van der Waals surface area contributed by atoms with E-state index in [0.29, 0.717) is 35.2 Å². The van der Waals surface area contributed by atoms with Crippen molar-refractivity contribution >= 4 is 34.2 Å². The Bertz CT molecular complexity index is 1220. The van der Waals surface area contributed by atoms with Crippen LogP contribution >= 0.6 is 11.3 Å². The van der Waals surface area contributed by atoms with Gasteiger partial charge in [-0.2, -0.15) is 5.26 Å². The maximum Gasteiger partial charge on any atom is 0.358 e. The standard InChI is InChI=1S/C23H22FN5O3S/c1-4-9-26-23-27-19(13-33-23)22(31)32-12-20(30)28-21-18(10-25)14(2)15(3)29(21)11-16-5-7-17(24)8-6-16/h4-8,13H,1,9,11-12H2,2-3H3,(H,26,27)(H,28,30). The molecule has 0 aliphatic rings. The summed E-state index contributed by atoms with van der Waals surface area (Å²) in [7, 11) is 0. The zero-order valence-electron chi connectivity index (χ0n) is 18.1. The Kier molecular flexibility index (Phi) is 7.58. The minimum atomic E-state index is -0.734. The van der Waals surface area contributed by atoms with Crippen LogP contribution in [-0.4, -0.2) is 34.6 Å². The first kappa shape index (κ1) is 23.7. The van der Waals surface area contributed by atoms with Gasteiger partial charge < -0.3 is 19.9 Å². The number of aromatic nitrogens is 2. The quantitative estimate of drug-likeness (QED) is 0.364. The molecule has 1 amide bonds. The van der Waals surface area contributed by atoms with Crippen molar-refractivity contribution < 1.29 is 18.7 Å². The first-order chi connectivity index (χ1) is 15.8. The minimum absolute atomic E-state index is 0.0865. The van der Waals surface area contributed by atoms with Crippen LogP contribution in [0.15, 0.2) is 42.3 Å². The highest BCUT2D eigenvalue weighted by Crippen LogP contribution is 2.27. The molecule has 3 rings (SSSR count). The van der Waals surface area contributed by atoms with Gasteiger partial charge in [0, 0.05) is 24.2 Å². The molecule has 0 saturated heterocycles. The first-order valence-corrected chi connectivity index (χ1v) is 10.8. The summed E-state index contributed by atoms with van der Waals surface area (Å²) in [6.45, 7) is 7.49. The summed E-state index contributed by atoms with van der Waals surface area (Å²) in [6, 6.07) is 8.07. The molecule has 0 saturated carbocycles. The average molecular weight is 468 g/mol.